The number of benzene rings is 2. The molecule has 2 aromatic carbocycles. The summed E-state index contributed by atoms with van der Waals surface area (Å²) in [5.41, 5.74) is 1.68. The molecule has 24 heavy (non-hydrogen) atoms. The largest absolute Gasteiger partial charge is 0.483 e. The van der Waals surface area contributed by atoms with Gasteiger partial charge >= 0.3 is 0 Å². The van der Waals surface area contributed by atoms with Crippen LogP contribution in [0, 0.1) is 0 Å². The van der Waals surface area contributed by atoms with Crippen LogP contribution in [0.15, 0.2) is 54.9 Å². The van der Waals surface area contributed by atoms with Crippen molar-refractivity contribution in [2.45, 2.75) is 6.54 Å². The Morgan fingerprint density at radius 3 is 2.88 bits per heavy atom. The van der Waals surface area contributed by atoms with Gasteiger partial charge in [-0.15, -0.1) is 0 Å². The standard InChI is InChI=1S/C17H15ClN4O2/c18-13-5-3-4-12(8-13)9-19-16(23)10-24-15-7-2-1-6-14(15)17-20-11-21-22-17/h1-8,11H,9-10H2,(H,19,23)(H,20,21,22). The topological polar surface area (TPSA) is 79.9 Å². The molecule has 0 aliphatic rings. The molecule has 122 valence electrons. The van der Waals surface area contributed by atoms with Crippen LogP contribution in [0.1, 0.15) is 5.56 Å². The lowest BCUT2D eigenvalue weighted by molar-refractivity contribution is -0.123. The predicted octanol–water partition coefficient (Wildman–Crippen LogP) is 2.82. The van der Waals surface area contributed by atoms with E-state index in [2.05, 4.69) is 20.5 Å². The summed E-state index contributed by atoms with van der Waals surface area (Å²) >= 11 is 5.92. The van der Waals surface area contributed by atoms with Gasteiger partial charge in [-0.3, -0.25) is 9.89 Å². The lowest BCUT2D eigenvalue weighted by Gasteiger charge is -2.10. The number of nitrogens with one attached hydrogen (secondary N) is 2. The Morgan fingerprint density at radius 2 is 2.08 bits per heavy atom. The van der Waals surface area contributed by atoms with E-state index in [4.69, 9.17) is 16.3 Å². The molecule has 1 aromatic heterocycles. The van der Waals surface area contributed by atoms with E-state index in [9.17, 15) is 4.79 Å². The molecule has 0 saturated heterocycles. The van der Waals surface area contributed by atoms with Crippen LogP contribution in [0.2, 0.25) is 5.02 Å². The fourth-order valence-corrected chi connectivity index (χ4v) is 2.38. The monoisotopic (exact) mass is 342 g/mol. The number of para-hydroxylation sites is 1. The van der Waals surface area contributed by atoms with E-state index in [-0.39, 0.29) is 12.5 Å². The van der Waals surface area contributed by atoms with E-state index in [1.54, 1.807) is 12.1 Å². The average molecular weight is 343 g/mol. The predicted molar refractivity (Wildman–Crippen MR) is 90.6 cm³/mol. The van der Waals surface area contributed by atoms with Crippen LogP contribution in [-0.2, 0) is 11.3 Å². The van der Waals surface area contributed by atoms with Crippen molar-refractivity contribution in [3.63, 3.8) is 0 Å². The first kappa shape index (κ1) is 16.0. The number of H-pyrrole nitrogens is 1. The number of nitrogens with zero attached hydrogens (tertiary/aromatic N) is 2. The van der Waals surface area contributed by atoms with Crippen molar-refractivity contribution in [3.05, 3.63) is 65.4 Å². The number of aromatic nitrogens is 3. The van der Waals surface area contributed by atoms with Gasteiger partial charge in [-0.25, -0.2) is 4.98 Å². The van der Waals surface area contributed by atoms with Gasteiger partial charge in [0.2, 0.25) is 0 Å². The van der Waals surface area contributed by atoms with Crippen LogP contribution >= 0.6 is 11.6 Å². The number of carbonyl (C=O) groups excluding carboxylic acids is 1. The second-order valence-electron chi connectivity index (χ2n) is 5.03. The normalized spacial score (nSPS) is 10.4. The lowest BCUT2D eigenvalue weighted by Crippen LogP contribution is -2.28. The highest BCUT2D eigenvalue weighted by molar-refractivity contribution is 6.30. The zero-order valence-electron chi connectivity index (χ0n) is 12.7. The van der Waals surface area contributed by atoms with E-state index < -0.39 is 0 Å². The Hall–Kier alpha value is -2.86. The first-order valence-corrected chi connectivity index (χ1v) is 7.69. The molecule has 0 spiro atoms. The minimum Gasteiger partial charge on any atom is -0.483 e. The van der Waals surface area contributed by atoms with Crippen LogP contribution < -0.4 is 10.1 Å². The number of hydrogen-bond acceptors (Lipinski definition) is 4. The number of carbonyl (C=O) groups is 1. The molecule has 0 aliphatic carbocycles. The number of rotatable bonds is 6. The molecule has 3 rings (SSSR count). The first-order valence-electron chi connectivity index (χ1n) is 7.31. The highest BCUT2D eigenvalue weighted by Crippen LogP contribution is 2.26. The fraction of sp³-hybridized carbons (Fsp3) is 0.118. The summed E-state index contributed by atoms with van der Waals surface area (Å²) in [4.78, 5) is 16.1. The van der Waals surface area contributed by atoms with E-state index in [0.29, 0.717) is 23.1 Å². The molecule has 1 heterocycles. The molecule has 0 atom stereocenters. The van der Waals surface area contributed by atoms with Crippen molar-refractivity contribution in [3.8, 4) is 17.1 Å². The molecular weight excluding hydrogens is 328 g/mol. The van der Waals surface area contributed by atoms with Crippen LogP contribution in [0.5, 0.6) is 5.75 Å². The maximum Gasteiger partial charge on any atom is 0.258 e. The molecule has 0 unspecified atom stereocenters. The van der Waals surface area contributed by atoms with Crippen molar-refractivity contribution >= 4 is 17.5 Å². The van der Waals surface area contributed by atoms with Gasteiger partial charge in [0.05, 0.1) is 5.56 Å². The Morgan fingerprint density at radius 1 is 1.21 bits per heavy atom. The third-order valence-electron chi connectivity index (χ3n) is 3.29. The van der Waals surface area contributed by atoms with Gasteiger partial charge in [0.25, 0.3) is 5.91 Å². The van der Waals surface area contributed by atoms with Gasteiger partial charge in [0, 0.05) is 11.6 Å². The molecular formula is C17H15ClN4O2. The van der Waals surface area contributed by atoms with E-state index in [0.717, 1.165) is 11.1 Å². The summed E-state index contributed by atoms with van der Waals surface area (Å²) in [6.45, 7) is 0.304. The molecule has 0 saturated carbocycles. The maximum atomic E-state index is 12.0. The number of aromatic amines is 1. The molecule has 0 radical (unpaired) electrons. The molecule has 2 N–H and O–H groups in total. The maximum absolute atomic E-state index is 12.0. The van der Waals surface area contributed by atoms with Crippen molar-refractivity contribution in [2.75, 3.05) is 6.61 Å². The van der Waals surface area contributed by atoms with E-state index in [1.807, 2.05) is 36.4 Å². The Balaban J connectivity index is 1.57. The lowest BCUT2D eigenvalue weighted by atomic mass is 10.2. The van der Waals surface area contributed by atoms with Crippen LogP contribution in [0.25, 0.3) is 11.4 Å². The summed E-state index contributed by atoms with van der Waals surface area (Å²) in [6, 6.07) is 14.7. The molecule has 7 heteroatoms. The second kappa shape index (κ2) is 7.61. The number of amides is 1. The second-order valence-corrected chi connectivity index (χ2v) is 5.46. The zero-order chi connectivity index (χ0) is 16.8. The molecule has 0 bridgehead atoms. The van der Waals surface area contributed by atoms with Crippen molar-refractivity contribution in [1.82, 2.24) is 20.5 Å². The third kappa shape index (κ3) is 4.11. The summed E-state index contributed by atoms with van der Waals surface area (Å²) in [7, 11) is 0. The minimum atomic E-state index is -0.220. The molecule has 3 aromatic rings. The number of hydrogen-bond donors (Lipinski definition) is 2. The van der Waals surface area contributed by atoms with Crippen LogP contribution in [0.4, 0.5) is 0 Å². The molecule has 0 fully saturated rings. The van der Waals surface area contributed by atoms with Gasteiger partial charge in [-0.1, -0.05) is 35.9 Å². The number of ether oxygens (including phenoxy) is 1. The van der Waals surface area contributed by atoms with Crippen molar-refractivity contribution in [2.24, 2.45) is 0 Å². The Kier molecular flexibility index (Phi) is 5.08. The highest BCUT2D eigenvalue weighted by atomic mass is 35.5. The van der Waals surface area contributed by atoms with Gasteiger partial charge in [-0.05, 0) is 29.8 Å². The van der Waals surface area contributed by atoms with Gasteiger partial charge < -0.3 is 10.1 Å². The summed E-state index contributed by atoms with van der Waals surface area (Å²) in [6.07, 6.45) is 1.42. The first-order chi connectivity index (χ1) is 11.7. The summed E-state index contributed by atoms with van der Waals surface area (Å²) in [5.74, 6) is 0.930. The average Bonchev–Trinajstić information content (AvgIpc) is 3.13. The van der Waals surface area contributed by atoms with Gasteiger partial charge in [0.15, 0.2) is 12.4 Å². The van der Waals surface area contributed by atoms with Crippen molar-refractivity contribution < 1.29 is 9.53 Å². The SMILES string of the molecule is O=C(COc1ccccc1-c1ncn[nH]1)NCc1cccc(Cl)c1. The molecule has 0 aliphatic heterocycles. The van der Waals surface area contributed by atoms with Gasteiger partial charge in [-0.2, -0.15) is 5.10 Å². The molecule has 1 amide bonds. The zero-order valence-corrected chi connectivity index (χ0v) is 13.5. The Labute approximate surface area is 143 Å². The summed E-state index contributed by atoms with van der Waals surface area (Å²) in [5, 5.41) is 10.0. The number of halogens is 1. The smallest absolute Gasteiger partial charge is 0.258 e. The summed E-state index contributed by atoms with van der Waals surface area (Å²) < 4.78 is 5.61. The van der Waals surface area contributed by atoms with Crippen LogP contribution in [0.3, 0.4) is 0 Å². The van der Waals surface area contributed by atoms with Gasteiger partial charge in [0.1, 0.15) is 12.1 Å². The van der Waals surface area contributed by atoms with Crippen molar-refractivity contribution in [1.29, 1.82) is 0 Å². The molecule has 6 nitrogen and oxygen atoms in total. The minimum absolute atomic E-state index is 0.0916. The quantitative estimate of drug-likeness (QED) is 0.722. The fourth-order valence-electron chi connectivity index (χ4n) is 2.17. The van der Waals surface area contributed by atoms with Crippen LogP contribution in [-0.4, -0.2) is 27.7 Å². The highest BCUT2D eigenvalue weighted by Gasteiger charge is 2.10. The van der Waals surface area contributed by atoms with E-state index in [1.165, 1.54) is 6.33 Å². The van der Waals surface area contributed by atoms with E-state index >= 15 is 0 Å². The third-order valence-corrected chi connectivity index (χ3v) is 3.53. The Bertz CT molecular complexity index is 821.